The highest BCUT2D eigenvalue weighted by molar-refractivity contribution is 5.36. The first-order chi connectivity index (χ1) is 25.1. The second-order valence-corrected chi connectivity index (χ2v) is 17.2. The molecule has 0 atom stereocenters. The van der Waals surface area contributed by atoms with Crippen molar-refractivity contribution in [3.05, 3.63) is 47.0 Å². The van der Waals surface area contributed by atoms with Crippen LogP contribution in [-0.2, 0) is 25.7 Å². The average molecular weight is 701 g/mol. The van der Waals surface area contributed by atoms with Gasteiger partial charge in [0.15, 0.2) is 0 Å². The second kappa shape index (κ2) is 25.2. The van der Waals surface area contributed by atoms with Crippen molar-refractivity contribution in [2.24, 2.45) is 23.7 Å². The van der Waals surface area contributed by atoms with Crippen molar-refractivity contribution in [3.8, 4) is 11.5 Å². The SMILES string of the molecule is CCCCCCCc1ncc(Oc2cnc(CCCCCCC)c(CC3CCC(CCCCC)CC3)c2)cc1CC1CCC(CCCCC)CC1. The number of unbranched alkanes of at least 4 members (excludes halogenated alkanes) is 12. The highest BCUT2D eigenvalue weighted by atomic mass is 16.5. The fourth-order valence-corrected chi connectivity index (χ4v) is 9.31. The number of hydrogen-bond donors (Lipinski definition) is 0. The van der Waals surface area contributed by atoms with E-state index in [0.717, 1.165) is 60.9 Å². The third kappa shape index (κ3) is 15.9. The number of nitrogens with zero attached hydrogens (tertiary/aromatic N) is 2. The molecule has 4 rings (SSSR count). The Hall–Kier alpha value is -1.90. The van der Waals surface area contributed by atoms with E-state index in [1.165, 1.54) is 189 Å². The number of aryl methyl sites for hydroxylation is 2. The van der Waals surface area contributed by atoms with Crippen LogP contribution in [0.1, 0.15) is 217 Å². The summed E-state index contributed by atoms with van der Waals surface area (Å²) in [6, 6.07) is 4.73. The standard InChI is InChI=1S/C48H80N2O/c1-5-9-13-15-19-23-47-43(33-41-29-25-39(26-30-41)21-17-11-7-3)35-45(37-49-47)51-46-36-44(48(50-38-46)24-20-16-14-10-6-2)34-42-31-27-40(28-32-42)22-18-12-8-4/h35-42H,5-34H2,1-4H3. The van der Waals surface area contributed by atoms with Gasteiger partial charge >= 0.3 is 0 Å². The number of ether oxygens (including phenoxy) is 1. The molecule has 0 amide bonds. The lowest BCUT2D eigenvalue weighted by Crippen LogP contribution is -2.17. The van der Waals surface area contributed by atoms with Gasteiger partial charge in [0, 0.05) is 11.4 Å². The van der Waals surface area contributed by atoms with Gasteiger partial charge < -0.3 is 4.74 Å². The van der Waals surface area contributed by atoms with E-state index in [2.05, 4.69) is 39.8 Å². The summed E-state index contributed by atoms with van der Waals surface area (Å²) in [4.78, 5) is 10.2. The Bertz CT molecular complexity index is 1080. The Labute approximate surface area is 316 Å². The monoisotopic (exact) mass is 701 g/mol. The first-order valence-corrected chi connectivity index (χ1v) is 22.7. The van der Waals surface area contributed by atoms with Crippen LogP contribution in [0.3, 0.4) is 0 Å². The summed E-state index contributed by atoms with van der Waals surface area (Å²) in [5.74, 6) is 5.30. The Balaban J connectivity index is 1.43. The molecule has 2 aliphatic rings. The van der Waals surface area contributed by atoms with Crippen molar-refractivity contribution in [1.29, 1.82) is 0 Å². The predicted octanol–water partition coefficient (Wildman–Crippen LogP) is 15.2. The molecule has 0 unspecified atom stereocenters. The fraction of sp³-hybridized carbons (Fsp3) is 0.792. The molecule has 0 aliphatic heterocycles. The number of rotatable bonds is 26. The van der Waals surface area contributed by atoms with Gasteiger partial charge in [-0.05, 0) is 111 Å². The van der Waals surface area contributed by atoms with Crippen LogP contribution in [0.15, 0.2) is 24.5 Å². The van der Waals surface area contributed by atoms with E-state index in [1.54, 1.807) is 0 Å². The van der Waals surface area contributed by atoms with E-state index in [-0.39, 0.29) is 0 Å². The molecule has 2 aliphatic carbocycles. The van der Waals surface area contributed by atoms with E-state index in [1.807, 2.05) is 12.4 Å². The summed E-state index contributed by atoms with van der Waals surface area (Å²) in [5, 5.41) is 0. The Morgan fingerprint density at radius 1 is 0.451 bits per heavy atom. The molecule has 288 valence electrons. The average Bonchev–Trinajstić information content (AvgIpc) is 3.14. The van der Waals surface area contributed by atoms with Crippen LogP contribution in [-0.4, -0.2) is 9.97 Å². The molecule has 0 bridgehead atoms. The van der Waals surface area contributed by atoms with E-state index in [0.29, 0.717) is 0 Å². The smallest absolute Gasteiger partial charge is 0.146 e. The molecular weight excluding hydrogens is 621 g/mol. The van der Waals surface area contributed by atoms with Crippen LogP contribution in [0.4, 0.5) is 0 Å². The summed E-state index contributed by atoms with van der Waals surface area (Å²) >= 11 is 0. The largest absolute Gasteiger partial charge is 0.454 e. The minimum absolute atomic E-state index is 0.787. The molecule has 0 spiro atoms. The van der Waals surface area contributed by atoms with Crippen LogP contribution < -0.4 is 4.74 Å². The van der Waals surface area contributed by atoms with Crippen molar-refractivity contribution in [1.82, 2.24) is 9.97 Å². The van der Waals surface area contributed by atoms with E-state index in [4.69, 9.17) is 14.7 Å². The zero-order valence-electron chi connectivity index (χ0n) is 34.1. The topological polar surface area (TPSA) is 35.0 Å². The molecule has 2 aromatic rings. The third-order valence-corrected chi connectivity index (χ3v) is 12.7. The molecule has 2 aromatic heterocycles. The number of aromatic nitrogens is 2. The number of hydrogen-bond acceptors (Lipinski definition) is 3. The van der Waals surface area contributed by atoms with Gasteiger partial charge in [-0.25, -0.2) is 0 Å². The van der Waals surface area contributed by atoms with Crippen molar-refractivity contribution in [2.45, 2.75) is 220 Å². The van der Waals surface area contributed by atoms with Crippen molar-refractivity contribution >= 4 is 0 Å². The second-order valence-electron chi connectivity index (χ2n) is 17.2. The van der Waals surface area contributed by atoms with Crippen LogP contribution in [0, 0.1) is 23.7 Å². The van der Waals surface area contributed by atoms with Crippen LogP contribution in [0.5, 0.6) is 11.5 Å². The van der Waals surface area contributed by atoms with Crippen LogP contribution in [0.25, 0.3) is 0 Å². The van der Waals surface area contributed by atoms with Crippen molar-refractivity contribution in [3.63, 3.8) is 0 Å². The third-order valence-electron chi connectivity index (χ3n) is 12.7. The van der Waals surface area contributed by atoms with E-state index < -0.39 is 0 Å². The van der Waals surface area contributed by atoms with Gasteiger partial charge in [0.2, 0.25) is 0 Å². The quantitative estimate of drug-likeness (QED) is 0.0916. The molecule has 2 saturated carbocycles. The minimum atomic E-state index is 0.787. The first kappa shape index (κ1) is 41.9. The van der Waals surface area contributed by atoms with Crippen LogP contribution in [0.2, 0.25) is 0 Å². The van der Waals surface area contributed by atoms with Gasteiger partial charge in [-0.2, -0.15) is 0 Å². The fourth-order valence-electron chi connectivity index (χ4n) is 9.31. The summed E-state index contributed by atoms with van der Waals surface area (Å²) in [6.07, 6.45) is 44.1. The Morgan fingerprint density at radius 3 is 1.20 bits per heavy atom. The Morgan fingerprint density at radius 2 is 0.804 bits per heavy atom. The molecule has 2 heterocycles. The normalized spacial score (nSPS) is 20.9. The number of pyridine rings is 2. The zero-order chi connectivity index (χ0) is 35.9. The summed E-state index contributed by atoms with van der Waals surface area (Å²) in [5.41, 5.74) is 5.55. The lowest BCUT2D eigenvalue weighted by molar-refractivity contribution is 0.257. The van der Waals surface area contributed by atoms with Gasteiger partial charge in [-0.3, -0.25) is 9.97 Å². The zero-order valence-corrected chi connectivity index (χ0v) is 34.1. The highest BCUT2D eigenvalue weighted by Crippen LogP contribution is 2.37. The van der Waals surface area contributed by atoms with Gasteiger partial charge in [-0.15, -0.1) is 0 Å². The van der Waals surface area contributed by atoms with Gasteiger partial charge in [0.25, 0.3) is 0 Å². The maximum atomic E-state index is 6.68. The lowest BCUT2D eigenvalue weighted by atomic mass is 9.77. The van der Waals surface area contributed by atoms with E-state index in [9.17, 15) is 0 Å². The summed E-state index contributed by atoms with van der Waals surface area (Å²) in [7, 11) is 0. The minimum Gasteiger partial charge on any atom is -0.454 e. The Kier molecular flexibility index (Phi) is 20.7. The van der Waals surface area contributed by atoms with Gasteiger partial charge in [0.1, 0.15) is 11.5 Å². The molecule has 0 N–H and O–H groups in total. The molecule has 3 nitrogen and oxygen atoms in total. The van der Waals surface area contributed by atoms with Gasteiger partial charge in [-0.1, -0.05) is 156 Å². The summed E-state index contributed by atoms with van der Waals surface area (Å²) < 4.78 is 6.68. The lowest BCUT2D eigenvalue weighted by Gasteiger charge is -2.29. The molecule has 0 saturated heterocycles. The molecule has 2 fully saturated rings. The molecular formula is C48H80N2O. The maximum Gasteiger partial charge on any atom is 0.146 e. The first-order valence-electron chi connectivity index (χ1n) is 22.7. The van der Waals surface area contributed by atoms with Gasteiger partial charge in [0.05, 0.1) is 12.4 Å². The van der Waals surface area contributed by atoms with Crippen molar-refractivity contribution < 1.29 is 4.74 Å². The summed E-state index contributed by atoms with van der Waals surface area (Å²) in [6.45, 7) is 9.26. The van der Waals surface area contributed by atoms with Crippen LogP contribution >= 0.6 is 0 Å². The maximum absolute atomic E-state index is 6.68. The molecule has 0 aromatic carbocycles. The molecule has 0 radical (unpaired) electrons. The molecule has 3 heteroatoms. The van der Waals surface area contributed by atoms with Crippen molar-refractivity contribution in [2.75, 3.05) is 0 Å². The highest BCUT2D eigenvalue weighted by Gasteiger charge is 2.24. The van der Waals surface area contributed by atoms with E-state index >= 15 is 0 Å². The predicted molar refractivity (Wildman–Crippen MR) is 220 cm³/mol. The molecule has 51 heavy (non-hydrogen) atoms.